The van der Waals surface area contributed by atoms with Crippen LogP contribution in [0.5, 0.6) is 0 Å². The number of hydrogen-bond donors (Lipinski definition) is 1. The van der Waals surface area contributed by atoms with Crippen molar-refractivity contribution in [2.24, 2.45) is 33.0 Å². The van der Waals surface area contributed by atoms with Crippen LogP contribution < -0.4 is 5.32 Å². The van der Waals surface area contributed by atoms with Crippen LogP contribution >= 0.6 is 0 Å². The number of likely N-dealkylation sites (N-methyl/N-ethyl adjacent to an activating group) is 2. The lowest BCUT2D eigenvalue weighted by atomic mass is 9.90. The summed E-state index contributed by atoms with van der Waals surface area (Å²) in [5.41, 5.74) is 1.75. The quantitative estimate of drug-likeness (QED) is 0.180. The molecule has 1 unspecified atom stereocenters. The van der Waals surface area contributed by atoms with Gasteiger partial charge in [-0.25, -0.2) is 4.68 Å². The Morgan fingerprint density at radius 3 is 1.43 bits per heavy atom. The molecule has 0 aliphatic carbocycles. The average molecular weight is 1400 g/mol. The molecule has 9 rings (SSSR count). The first-order valence-electron chi connectivity index (χ1n) is 38.4. The number of hydrogen-bond acceptors (Lipinski definition) is 17. The zero-order valence-electron chi connectivity index (χ0n) is 66.7. The van der Waals surface area contributed by atoms with Gasteiger partial charge in [0.15, 0.2) is 0 Å². The van der Waals surface area contributed by atoms with Crippen molar-refractivity contribution >= 4 is 29.5 Å². The Labute approximate surface area is 602 Å². The monoisotopic (exact) mass is 1400 g/mol. The lowest BCUT2D eigenvalue weighted by molar-refractivity contribution is -0.135. The number of piperidine rings is 2. The molecule has 23 heteroatoms. The van der Waals surface area contributed by atoms with Crippen LogP contribution in [0.1, 0.15) is 180 Å². The maximum Gasteiger partial charge on any atom is 0.236 e. The highest BCUT2D eigenvalue weighted by Crippen LogP contribution is 2.29. The molecule has 8 saturated heterocycles. The number of nitrogens with one attached hydrogen (secondary N) is 1. The Kier molecular flexibility index (Phi) is 35.5. The molecule has 1 N–H and O–H groups in total. The fourth-order valence-corrected chi connectivity index (χ4v) is 14.0. The largest absolute Gasteiger partial charge is 0.383 e. The van der Waals surface area contributed by atoms with E-state index >= 15 is 0 Å². The number of carbonyl (C=O) groups is 5. The van der Waals surface area contributed by atoms with E-state index in [1.54, 1.807) is 12.0 Å². The third-order valence-corrected chi connectivity index (χ3v) is 20.0. The molecular formula is C76H146N16O7. The van der Waals surface area contributed by atoms with Gasteiger partial charge in [0, 0.05) is 235 Å². The topological polar surface area (TPSA) is 185 Å². The summed E-state index contributed by atoms with van der Waals surface area (Å²) in [5, 5.41) is 12.1. The molecule has 0 saturated carbocycles. The predicted molar refractivity (Wildman–Crippen MR) is 400 cm³/mol. The molecule has 99 heavy (non-hydrogen) atoms. The van der Waals surface area contributed by atoms with Crippen LogP contribution in [0.3, 0.4) is 0 Å². The molecule has 5 amide bonds. The summed E-state index contributed by atoms with van der Waals surface area (Å²) >= 11 is 0. The minimum Gasteiger partial charge on any atom is -0.383 e. The summed E-state index contributed by atoms with van der Waals surface area (Å²) in [7, 11) is 7.47. The van der Waals surface area contributed by atoms with Gasteiger partial charge in [0.05, 0.1) is 38.2 Å². The molecule has 8 aliphatic heterocycles. The Morgan fingerprint density at radius 1 is 0.545 bits per heavy atom. The van der Waals surface area contributed by atoms with E-state index in [1.807, 2.05) is 28.8 Å². The van der Waals surface area contributed by atoms with Gasteiger partial charge in [0.2, 0.25) is 29.5 Å². The molecule has 23 nitrogen and oxygen atoms in total. The van der Waals surface area contributed by atoms with Gasteiger partial charge in [-0.1, -0.05) is 109 Å². The van der Waals surface area contributed by atoms with Crippen LogP contribution in [0.15, 0.2) is 6.20 Å². The van der Waals surface area contributed by atoms with Crippen molar-refractivity contribution in [3.8, 4) is 0 Å². The van der Waals surface area contributed by atoms with Crippen molar-refractivity contribution in [3.63, 3.8) is 0 Å². The van der Waals surface area contributed by atoms with E-state index in [1.165, 1.54) is 19.3 Å². The molecule has 0 radical (unpaired) electrons. The second kappa shape index (κ2) is 41.0. The van der Waals surface area contributed by atoms with E-state index in [0.717, 1.165) is 215 Å². The van der Waals surface area contributed by atoms with Crippen molar-refractivity contribution in [3.05, 3.63) is 11.9 Å². The predicted octanol–water partition coefficient (Wildman–Crippen LogP) is 6.89. The number of rotatable bonds is 16. The second-order valence-electron chi connectivity index (χ2n) is 36.3. The van der Waals surface area contributed by atoms with Gasteiger partial charge in [0.25, 0.3) is 0 Å². The van der Waals surface area contributed by atoms with Crippen LogP contribution in [-0.4, -0.2) is 340 Å². The van der Waals surface area contributed by atoms with Crippen LogP contribution in [0.25, 0.3) is 0 Å². The maximum absolute atomic E-state index is 12.4. The van der Waals surface area contributed by atoms with Gasteiger partial charge < -0.3 is 49.1 Å². The lowest BCUT2D eigenvalue weighted by Gasteiger charge is -2.42. The minimum atomic E-state index is 0.0672. The van der Waals surface area contributed by atoms with Gasteiger partial charge in [-0.3, -0.25) is 48.5 Å². The highest BCUT2D eigenvalue weighted by Gasteiger charge is 2.34. The highest BCUT2D eigenvalue weighted by molar-refractivity contribution is 5.79. The molecule has 1 aromatic heterocycles. The van der Waals surface area contributed by atoms with Gasteiger partial charge >= 0.3 is 0 Å². The van der Waals surface area contributed by atoms with E-state index in [2.05, 4.69) is 184 Å². The summed E-state index contributed by atoms with van der Waals surface area (Å²) in [6.07, 6.45) is 11.5. The molecule has 0 aromatic carbocycles. The number of aromatic nitrogens is 3. The Balaban J connectivity index is 0.000000227. The Bertz CT molecular complexity index is 2480. The first kappa shape index (κ1) is 85.7. The van der Waals surface area contributed by atoms with Crippen LogP contribution in [0.2, 0.25) is 0 Å². The van der Waals surface area contributed by atoms with Crippen LogP contribution in [-0.2, 0) is 39.9 Å². The third-order valence-electron chi connectivity index (χ3n) is 20.0. The van der Waals surface area contributed by atoms with Gasteiger partial charge in [0.1, 0.15) is 0 Å². The normalized spacial score (nSPS) is 22.5. The third kappa shape index (κ3) is 34.5. The molecule has 1 aromatic rings. The number of methoxy groups -OCH3 is 1. The molecule has 8 aliphatic rings. The fraction of sp³-hybridized carbons (Fsp3) is 0.908. The lowest BCUT2D eigenvalue weighted by Crippen LogP contribution is -2.55. The van der Waals surface area contributed by atoms with Crippen molar-refractivity contribution < 1.29 is 33.4 Å². The van der Waals surface area contributed by atoms with Crippen molar-refractivity contribution in [1.29, 1.82) is 0 Å². The number of piperazine rings is 5. The maximum atomic E-state index is 12.4. The highest BCUT2D eigenvalue weighted by atomic mass is 16.5. The number of amides is 5. The van der Waals surface area contributed by atoms with Crippen LogP contribution in [0, 0.1) is 33.0 Å². The summed E-state index contributed by atoms with van der Waals surface area (Å²) in [6.45, 7) is 63.6. The second-order valence-corrected chi connectivity index (χ2v) is 36.3. The molecule has 2 atom stereocenters. The van der Waals surface area contributed by atoms with Crippen molar-refractivity contribution in [2.75, 3.05) is 225 Å². The summed E-state index contributed by atoms with van der Waals surface area (Å²) < 4.78 is 12.7. The molecule has 572 valence electrons. The summed E-state index contributed by atoms with van der Waals surface area (Å²) in [4.78, 5) is 87.2. The molecule has 9 heterocycles. The number of ether oxygens (including phenoxy) is 2. The standard InChI is InChI=1S/C21H40N4O2.C16H28N4O.C15H30N4O.C13H26N2O2.C11H22N2O/c1-17-14-23(11-12-25(17)16-20(27)22(5)6)15-18-7-9-24(10-8-18)19(26)13-21(2,3)4;1-16(2,3)10-13-11-20(18-17-13)14-4-7-19(8-5-14)15-6-9-21-12-15;1-15(2,3)12-14(20)19-10-8-18(9-11-19)13-17-6-4-16-5-7-17;1-13(2,3)11-12(16)15-7-5-14(6-8-15)9-10-17-4;1-11(2,3)9-10(14)13-7-5-12(4)6-8-13/h17-18H,7-16H2,1-6H3;11,14-15H,4-10,12H2,1-3H3;16H,4-13H2,1-3H3;5-11H2,1-4H3;5-9H2,1-4H3/t17-;;;;/m1..../s1. The molecule has 0 spiro atoms. The van der Waals surface area contributed by atoms with Crippen molar-refractivity contribution in [1.82, 2.24) is 79.1 Å². The fourth-order valence-electron chi connectivity index (χ4n) is 14.0. The molecule has 8 fully saturated rings. The van der Waals surface area contributed by atoms with E-state index in [0.29, 0.717) is 79.9 Å². The van der Waals surface area contributed by atoms with E-state index in [9.17, 15) is 24.0 Å². The molecular weight excluding hydrogens is 1250 g/mol. The zero-order chi connectivity index (χ0) is 73.3. The van der Waals surface area contributed by atoms with Crippen molar-refractivity contribution in [2.45, 2.75) is 193 Å². The Morgan fingerprint density at radius 2 is 1.00 bits per heavy atom. The Hall–Kier alpha value is -3.91. The first-order valence-corrected chi connectivity index (χ1v) is 38.4. The van der Waals surface area contributed by atoms with Crippen LogP contribution in [0.4, 0.5) is 0 Å². The van der Waals surface area contributed by atoms with Gasteiger partial charge in [-0.2, -0.15) is 0 Å². The zero-order valence-corrected chi connectivity index (χ0v) is 66.7. The average Bonchev–Trinajstić information content (AvgIpc) is 1.78. The smallest absolute Gasteiger partial charge is 0.236 e. The van der Waals surface area contributed by atoms with E-state index < -0.39 is 0 Å². The number of carbonyl (C=O) groups excluding carboxylic acids is 5. The van der Waals surface area contributed by atoms with E-state index in [4.69, 9.17) is 9.47 Å². The minimum absolute atomic E-state index is 0.0672. The molecule has 0 bridgehead atoms. The number of likely N-dealkylation sites (tertiary alicyclic amines) is 2. The summed E-state index contributed by atoms with van der Waals surface area (Å²) in [5.74, 6) is 2.11. The SMILES string of the molecule is CC(C)(C)CC(=O)N1CCN(CN2CCNCC2)CC1.CC(C)(C)Cc1cn(C2CCN(C3CCOC3)CC2)nn1.CN1CCN(C(=O)CC(C)(C)C)CC1.COCCN1CCN(C(=O)CC(C)(C)C)CC1.C[C@@H]1CN(CC2CCN(C(=O)CC(C)(C)C)CC2)CCN1CC(=O)N(C)C. The number of nitrogens with zero attached hydrogens (tertiary/aromatic N) is 15. The van der Waals surface area contributed by atoms with Gasteiger partial charge in [-0.15, -0.1) is 5.10 Å². The van der Waals surface area contributed by atoms with E-state index in [-0.39, 0.29) is 33.0 Å². The van der Waals surface area contributed by atoms with Gasteiger partial charge in [-0.05, 0) is 85.5 Å². The first-order chi connectivity index (χ1) is 46.3. The summed E-state index contributed by atoms with van der Waals surface area (Å²) in [6, 6.07) is 1.58.